The van der Waals surface area contributed by atoms with Crippen molar-refractivity contribution in [2.75, 3.05) is 0 Å². The Bertz CT molecular complexity index is 885. The normalized spacial score (nSPS) is 20.3. The number of hydrogen-bond donors (Lipinski definition) is 2. The highest BCUT2D eigenvalue weighted by molar-refractivity contribution is 6.01. The number of nitrogens with two attached hydrogens (primary N) is 1. The molecule has 3 heteroatoms. The van der Waals surface area contributed by atoms with Gasteiger partial charge < -0.3 is 10.8 Å². The van der Waals surface area contributed by atoms with Gasteiger partial charge >= 0.3 is 0 Å². The zero-order valence-corrected chi connectivity index (χ0v) is 11.3. The van der Waals surface area contributed by atoms with Crippen LogP contribution in [-0.2, 0) is 5.60 Å². The molecule has 0 bridgehead atoms. The van der Waals surface area contributed by atoms with Crippen molar-refractivity contribution in [2.24, 2.45) is 10.7 Å². The summed E-state index contributed by atoms with van der Waals surface area (Å²) in [5, 5.41) is 13.4. The number of aliphatic hydroxyl groups is 1. The SMILES string of the molecule is NC1=Nc2ccccc2C1(O)c1ccc2ccccc2c1. The molecule has 0 saturated carbocycles. The van der Waals surface area contributed by atoms with Crippen molar-refractivity contribution in [2.45, 2.75) is 5.60 Å². The van der Waals surface area contributed by atoms with E-state index < -0.39 is 5.60 Å². The number of hydrogen-bond acceptors (Lipinski definition) is 3. The predicted octanol–water partition coefficient (Wildman–Crippen LogP) is 3.08. The van der Waals surface area contributed by atoms with E-state index in [0.717, 1.165) is 27.6 Å². The molecule has 0 spiro atoms. The van der Waals surface area contributed by atoms with Gasteiger partial charge in [-0.2, -0.15) is 0 Å². The molecule has 1 heterocycles. The van der Waals surface area contributed by atoms with Crippen molar-refractivity contribution in [1.29, 1.82) is 0 Å². The quantitative estimate of drug-likeness (QED) is 0.716. The largest absolute Gasteiger partial charge is 0.384 e. The predicted molar refractivity (Wildman–Crippen MR) is 84.7 cm³/mol. The number of aliphatic imine (C=N–C) groups is 1. The molecule has 4 rings (SSSR count). The second kappa shape index (κ2) is 4.17. The van der Waals surface area contributed by atoms with E-state index in [2.05, 4.69) is 4.99 Å². The van der Waals surface area contributed by atoms with Gasteiger partial charge in [-0.1, -0.05) is 54.6 Å². The molecule has 0 aliphatic carbocycles. The zero-order chi connectivity index (χ0) is 14.4. The summed E-state index contributed by atoms with van der Waals surface area (Å²) in [5.74, 6) is 0.221. The summed E-state index contributed by atoms with van der Waals surface area (Å²) in [5.41, 5.74) is 6.90. The first-order valence-corrected chi connectivity index (χ1v) is 6.85. The summed E-state index contributed by atoms with van der Waals surface area (Å²) >= 11 is 0. The van der Waals surface area contributed by atoms with Crippen LogP contribution in [0.1, 0.15) is 11.1 Å². The van der Waals surface area contributed by atoms with Gasteiger partial charge in [0.2, 0.25) is 0 Å². The molecule has 1 aliphatic rings. The topological polar surface area (TPSA) is 58.6 Å². The molecule has 1 aliphatic heterocycles. The van der Waals surface area contributed by atoms with E-state index in [4.69, 9.17) is 5.73 Å². The van der Waals surface area contributed by atoms with E-state index >= 15 is 0 Å². The fourth-order valence-corrected chi connectivity index (χ4v) is 2.94. The molecule has 1 unspecified atom stereocenters. The third-order valence-electron chi connectivity index (χ3n) is 4.07. The molecule has 102 valence electrons. The highest BCUT2D eigenvalue weighted by atomic mass is 16.3. The fraction of sp³-hybridized carbons (Fsp3) is 0.0556. The maximum absolute atomic E-state index is 11.2. The van der Waals surface area contributed by atoms with Crippen LogP contribution in [0.3, 0.4) is 0 Å². The molecular weight excluding hydrogens is 260 g/mol. The van der Waals surface area contributed by atoms with Gasteiger partial charge in [0.1, 0.15) is 5.84 Å². The zero-order valence-electron chi connectivity index (χ0n) is 11.3. The number of para-hydroxylation sites is 1. The van der Waals surface area contributed by atoms with Gasteiger partial charge in [0.15, 0.2) is 5.60 Å². The molecule has 21 heavy (non-hydrogen) atoms. The van der Waals surface area contributed by atoms with Crippen molar-refractivity contribution < 1.29 is 5.11 Å². The van der Waals surface area contributed by atoms with Crippen molar-refractivity contribution in [3.63, 3.8) is 0 Å². The van der Waals surface area contributed by atoms with Crippen LogP contribution in [0.2, 0.25) is 0 Å². The van der Waals surface area contributed by atoms with Gasteiger partial charge in [0.25, 0.3) is 0 Å². The average molecular weight is 274 g/mol. The Morgan fingerprint density at radius 1 is 0.857 bits per heavy atom. The number of rotatable bonds is 1. The van der Waals surface area contributed by atoms with E-state index in [1.165, 1.54) is 0 Å². The van der Waals surface area contributed by atoms with Crippen LogP contribution >= 0.6 is 0 Å². The number of fused-ring (bicyclic) bond motifs is 2. The lowest BCUT2D eigenvalue weighted by atomic mass is 9.85. The highest BCUT2D eigenvalue weighted by Gasteiger charge is 2.42. The van der Waals surface area contributed by atoms with Crippen LogP contribution in [0.5, 0.6) is 0 Å². The molecule has 0 saturated heterocycles. The van der Waals surface area contributed by atoms with Crippen LogP contribution in [0, 0.1) is 0 Å². The Morgan fingerprint density at radius 2 is 1.57 bits per heavy atom. The summed E-state index contributed by atoms with van der Waals surface area (Å²) in [7, 11) is 0. The lowest BCUT2D eigenvalue weighted by Crippen LogP contribution is -2.39. The molecule has 1 atom stereocenters. The Hall–Kier alpha value is -2.65. The monoisotopic (exact) mass is 274 g/mol. The molecule has 3 nitrogen and oxygen atoms in total. The Morgan fingerprint density at radius 3 is 2.43 bits per heavy atom. The van der Waals surface area contributed by atoms with Crippen molar-refractivity contribution in [3.05, 3.63) is 77.9 Å². The lowest BCUT2D eigenvalue weighted by Gasteiger charge is -2.25. The average Bonchev–Trinajstić information content (AvgIpc) is 2.79. The van der Waals surface area contributed by atoms with E-state index in [-0.39, 0.29) is 5.84 Å². The van der Waals surface area contributed by atoms with Gasteiger partial charge in [-0.15, -0.1) is 0 Å². The molecule has 0 radical (unpaired) electrons. The van der Waals surface area contributed by atoms with Crippen LogP contribution in [0.25, 0.3) is 10.8 Å². The van der Waals surface area contributed by atoms with Gasteiger partial charge in [0.05, 0.1) is 5.69 Å². The van der Waals surface area contributed by atoms with E-state index in [0.29, 0.717) is 0 Å². The first-order valence-electron chi connectivity index (χ1n) is 6.85. The summed E-state index contributed by atoms with van der Waals surface area (Å²) in [6, 6.07) is 21.4. The third kappa shape index (κ3) is 1.61. The summed E-state index contributed by atoms with van der Waals surface area (Å²) in [6.45, 7) is 0. The number of nitrogens with zero attached hydrogens (tertiary/aromatic N) is 1. The molecule has 3 aromatic carbocycles. The molecular formula is C18H14N2O. The van der Waals surface area contributed by atoms with E-state index in [9.17, 15) is 5.11 Å². The minimum atomic E-state index is -1.35. The Kier molecular flexibility index (Phi) is 2.41. The standard InChI is InChI=1S/C18H14N2O/c19-17-18(21,15-7-3-4-8-16(15)20-17)14-10-9-12-5-1-2-6-13(12)11-14/h1-11,21H,(H2,19,20). The van der Waals surface area contributed by atoms with E-state index in [1.54, 1.807) is 0 Å². The first kappa shape index (κ1) is 12.1. The van der Waals surface area contributed by atoms with Gasteiger partial charge in [-0.25, -0.2) is 4.99 Å². The molecule has 3 N–H and O–H groups in total. The van der Waals surface area contributed by atoms with Crippen LogP contribution in [0.15, 0.2) is 71.7 Å². The summed E-state index contributed by atoms with van der Waals surface area (Å²) < 4.78 is 0. The summed E-state index contributed by atoms with van der Waals surface area (Å²) in [6.07, 6.45) is 0. The van der Waals surface area contributed by atoms with Crippen molar-refractivity contribution >= 4 is 22.3 Å². The Balaban J connectivity index is 1.97. The van der Waals surface area contributed by atoms with Gasteiger partial charge in [0, 0.05) is 5.56 Å². The van der Waals surface area contributed by atoms with Gasteiger partial charge in [-0.05, 0) is 28.5 Å². The van der Waals surface area contributed by atoms with Crippen LogP contribution in [-0.4, -0.2) is 10.9 Å². The number of amidine groups is 1. The second-order valence-electron chi connectivity index (χ2n) is 5.29. The minimum absolute atomic E-state index is 0.221. The van der Waals surface area contributed by atoms with Crippen molar-refractivity contribution in [1.82, 2.24) is 0 Å². The second-order valence-corrected chi connectivity index (χ2v) is 5.29. The van der Waals surface area contributed by atoms with Crippen LogP contribution < -0.4 is 5.73 Å². The van der Waals surface area contributed by atoms with Crippen molar-refractivity contribution in [3.8, 4) is 0 Å². The smallest absolute Gasteiger partial charge is 0.174 e. The summed E-state index contributed by atoms with van der Waals surface area (Å²) in [4.78, 5) is 4.31. The lowest BCUT2D eigenvalue weighted by molar-refractivity contribution is 0.159. The number of benzene rings is 3. The fourth-order valence-electron chi connectivity index (χ4n) is 2.94. The Labute approximate surface area is 122 Å². The molecule has 0 aromatic heterocycles. The van der Waals surface area contributed by atoms with Crippen LogP contribution in [0.4, 0.5) is 5.69 Å². The highest BCUT2D eigenvalue weighted by Crippen LogP contribution is 2.42. The minimum Gasteiger partial charge on any atom is -0.384 e. The maximum atomic E-state index is 11.2. The molecule has 0 fully saturated rings. The molecule has 0 amide bonds. The maximum Gasteiger partial charge on any atom is 0.174 e. The van der Waals surface area contributed by atoms with E-state index in [1.807, 2.05) is 66.7 Å². The molecule has 3 aromatic rings. The first-order chi connectivity index (χ1) is 10.2. The third-order valence-corrected chi connectivity index (χ3v) is 4.07. The van der Waals surface area contributed by atoms with Gasteiger partial charge in [-0.3, -0.25) is 0 Å².